The summed E-state index contributed by atoms with van der Waals surface area (Å²) in [5, 5.41) is 6.11. The van der Waals surface area contributed by atoms with E-state index >= 15 is 0 Å². The lowest BCUT2D eigenvalue weighted by Gasteiger charge is -2.09. The highest BCUT2D eigenvalue weighted by molar-refractivity contribution is 6.40. The van der Waals surface area contributed by atoms with Crippen LogP contribution in [-0.4, -0.2) is 21.8 Å². The van der Waals surface area contributed by atoms with Crippen LogP contribution in [0, 0.1) is 13.8 Å². The van der Waals surface area contributed by atoms with Crippen LogP contribution in [0.25, 0.3) is 10.9 Å². The standard InChI is InChI=1S/C19H18N4O2/c1-12-6-8-14(10-20-12)11-21-18(24)19(25)23-16-5-3-4-15-9-7-13(2)22-17(15)16/h3-10H,11H2,1-2H3,(H,21,24)(H,23,25). The molecule has 2 aromatic heterocycles. The van der Waals surface area contributed by atoms with E-state index in [9.17, 15) is 9.59 Å². The van der Waals surface area contributed by atoms with Gasteiger partial charge in [0.1, 0.15) is 0 Å². The number of carbonyl (C=O) groups is 2. The molecule has 0 atom stereocenters. The summed E-state index contributed by atoms with van der Waals surface area (Å²) in [4.78, 5) is 32.8. The van der Waals surface area contributed by atoms with E-state index in [2.05, 4.69) is 20.6 Å². The number of aryl methyl sites for hydroxylation is 2. The van der Waals surface area contributed by atoms with E-state index in [1.807, 2.05) is 50.2 Å². The molecule has 0 fully saturated rings. The number of nitrogens with zero attached hydrogens (tertiary/aromatic N) is 2. The molecule has 0 unspecified atom stereocenters. The second-order valence-corrected chi connectivity index (χ2v) is 5.77. The van der Waals surface area contributed by atoms with Gasteiger partial charge in [0, 0.05) is 29.5 Å². The van der Waals surface area contributed by atoms with Crippen molar-refractivity contribution in [3.05, 3.63) is 65.6 Å². The number of rotatable bonds is 3. The highest BCUT2D eigenvalue weighted by Crippen LogP contribution is 2.21. The molecule has 0 aliphatic heterocycles. The Morgan fingerprint density at radius 2 is 1.76 bits per heavy atom. The van der Waals surface area contributed by atoms with E-state index in [0.717, 1.165) is 22.3 Å². The van der Waals surface area contributed by atoms with E-state index in [4.69, 9.17) is 0 Å². The third-order valence-electron chi connectivity index (χ3n) is 3.74. The molecule has 0 aliphatic rings. The number of hydrogen-bond acceptors (Lipinski definition) is 4. The number of hydrogen-bond donors (Lipinski definition) is 2. The SMILES string of the molecule is Cc1ccc(CNC(=O)C(=O)Nc2cccc3ccc(C)nc23)cn1. The van der Waals surface area contributed by atoms with Crippen LogP contribution in [0.15, 0.2) is 48.7 Å². The fourth-order valence-corrected chi connectivity index (χ4v) is 2.39. The van der Waals surface area contributed by atoms with Crippen LogP contribution < -0.4 is 10.6 Å². The van der Waals surface area contributed by atoms with Crippen LogP contribution in [-0.2, 0) is 16.1 Å². The van der Waals surface area contributed by atoms with Crippen molar-refractivity contribution in [1.29, 1.82) is 0 Å². The molecule has 3 rings (SSSR count). The summed E-state index contributed by atoms with van der Waals surface area (Å²) >= 11 is 0. The second kappa shape index (κ2) is 7.09. The lowest BCUT2D eigenvalue weighted by Crippen LogP contribution is -2.35. The largest absolute Gasteiger partial charge is 0.344 e. The Morgan fingerprint density at radius 3 is 2.52 bits per heavy atom. The molecule has 2 amide bonds. The average molecular weight is 334 g/mol. The molecule has 126 valence electrons. The van der Waals surface area contributed by atoms with Crippen molar-refractivity contribution in [3.8, 4) is 0 Å². The van der Waals surface area contributed by atoms with Gasteiger partial charge in [0.2, 0.25) is 0 Å². The Labute approximate surface area is 145 Å². The molecule has 1 aromatic carbocycles. The van der Waals surface area contributed by atoms with Gasteiger partial charge in [0.25, 0.3) is 0 Å². The number of nitrogens with one attached hydrogen (secondary N) is 2. The first-order valence-corrected chi connectivity index (χ1v) is 7.90. The maximum atomic E-state index is 12.1. The van der Waals surface area contributed by atoms with Crippen LogP contribution in [0.1, 0.15) is 17.0 Å². The van der Waals surface area contributed by atoms with E-state index in [-0.39, 0.29) is 6.54 Å². The molecular weight excluding hydrogens is 316 g/mol. The number of amides is 2. The molecule has 2 N–H and O–H groups in total. The summed E-state index contributed by atoms with van der Waals surface area (Å²) in [7, 11) is 0. The number of fused-ring (bicyclic) bond motifs is 1. The zero-order chi connectivity index (χ0) is 17.8. The zero-order valence-electron chi connectivity index (χ0n) is 14.0. The molecule has 25 heavy (non-hydrogen) atoms. The van der Waals surface area contributed by atoms with Gasteiger partial charge in [-0.05, 0) is 37.6 Å². The molecule has 0 saturated carbocycles. The Bertz CT molecular complexity index is 936. The number of para-hydroxylation sites is 1. The predicted octanol–water partition coefficient (Wildman–Crippen LogP) is 2.50. The molecular formula is C19H18N4O2. The van der Waals surface area contributed by atoms with E-state index in [1.54, 1.807) is 12.3 Å². The maximum absolute atomic E-state index is 12.1. The van der Waals surface area contributed by atoms with Crippen LogP contribution in [0.4, 0.5) is 5.69 Å². The summed E-state index contributed by atoms with van der Waals surface area (Å²) in [6, 6.07) is 13.0. The molecule has 6 heteroatoms. The molecule has 2 heterocycles. The molecule has 3 aromatic rings. The van der Waals surface area contributed by atoms with Gasteiger partial charge in [-0.25, -0.2) is 0 Å². The van der Waals surface area contributed by atoms with Crippen LogP contribution in [0.5, 0.6) is 0 Å². The van der Waals surface area contributed by atoms with Crippen LogP contribution in [0.3, 0.4) is 0 Å². The first kappa shape index (κ1) is 16.6. The number of pyridine rings is 2. The van der Waals surface area contributed by atoms with E-state index < -0.39 is 11.8 Å². The first-order chi connectivity index (χ1) is 12.0. The minimum absolute atomic E-state index is 0.242. The quantitative estimate of drug-likeness (QED) is 0.721. The lowest BCUT2D eigenvalue weighted by molar-refractivity contribution is -0.136. The van der Waals surface area contributed by atoms with Crippen LogP contribution in [0.2, 0.25) is 0 Å². The summed E-state index contributed by atoms with van der Waals surface area (Å²) < 4.78 is 0. The maximum Gasteiger partial charge on any atom is 0.313 e. The lowest BCUT2D eigenvalue weighted by atomic mass is 10.1. The molecule has 0 spiro atoms. The van der Waals surface area contributed by atoms with Crippen molar-refractivity contribution in [2.45, 2.75) is 20.4 Å². The van der Waals surface area contributed by atoms with Gasteiger partial charge in [-0.15, -0.1) is 0 Å². The van der Waals surface area contributed by atoms with Crippen molar-refractivity contribution in [1.82, 2.24) is 15.3 Å². The van der Waals surface area contributed by atoms with Gasteiger partial charge in [-0.2, -0.15) is 0 Å². The number of carbonyl (C=O) groups excluding carboxylic acids is 2. The van der Waals surface area contributed by atoms with Crippen molar-refractivity contribution in [3.63, 3.8) is 0 Å². The molecule has 0 bridgehead atoms. The Hall–Kier alpha value is -3.28. The molecule has 6 nitrogen and oxygen atoms in total. The average Bonchev–Trinajstić information content (AvgIpc) is 2.61. The fraction of sp³-hybridized carbons (Fsp3) is 0.158. The normalized spacial score (nSPS) is 10.5. The molecule has 0 saturated heterocycles. The Kier molecular flexibility index (Phi) is 4.70. The highest BCUT2D eigenvalue weighted by Gasteiger charge is 2.15. The summed E-state index contributed by atoms with van der Waals surface area (Å²) in [6.45, 7) is 4.00. The van der Waals surface area contributed by atoms with Crippen molar-refractivity contribution in [2.75, 3.05) is 5.32 Å². The van der Waals surface area contributed by atoms with Crippen molar-refractivity contribution >= 4 is 28.4 Å². The summed E-state index contributed by atoms with van der Waals surface area (Å²) in [6.07, 6.45) is 1.67. The van der Waals surface area contributed by atoms with E-state index in [0.29, 0.717) is 11.2 Å². The van der Waals surface area contributed by atoms with Gasteiger partial charge in [-0.1, -0.05) is 24.3 Å². The van der Waals surface area contributed by atoms with Crippen molar-refractivity contribution < 1.29 is 9.59 Å². The topological polar surface area (TPSA) is 84.0 Å². The highest BCUT2D eigenvalue weighted by atomic mass is 16.2. The second-order valence-electron chi connectivity index (χ2n) is 5.77. The summed E-state index contributed by atoms with van der Waals surface area (Å²) in [5.41, 5.74) is 3.73. The van der Waals surface area contributed by atoms with Gasteiger partial charge >= 0.3 is 11.8 Å². The predicted molar refractivity (Wildman–Crippen MR) is 95.9 cm³/mol. The van der Waals surface area contributed by atoms with Gasteiger partial charge in [0.15, 0.2) is 0 Å². The minimum Gasteiger partial charge on any atom is -0.344 e. The first-order valence-electron chi connectivity index (χ1n) is 7.90. The van der Waals surface area contributed by atoms with Crippen molar-refractivity contribution in [2.24, 2.45) is 0 Å². The van der Waals surface area contributed by atoms with Gasteiger partial charge in [0.05, 0.1) is 11.2 Å². The number of benzene rings is 1. The molecule has 0 aliphatic carbocycles. The Balaban J connectivity index is 1.68. The third-order valence-corrected chi connectivity index (χ3v) is 3.74. The fourth-order valence-electron chi connectivity index (χ4n) is 2.39. The molecule has 0 radical (unpaired) electrons. The number of anilines is 1. The van der Waals surface area contributed by atoms with Gasteiger partial charge in [-0.3, -0.25) is 19.6 Å². The Morgan fingerprint density at radius 1 is 0.960 bits per heavy atom. The van der Waals surface area contributed by atoms with Crippen LogP contribution >= 0.6 is 0 Å². The van der Waals surface area contributed by atoms with E-state index in [1.165, 1.54) is 0 Å². The number of aromatic nitrogens is 2. The minimum atomic E-state index is -0.726. The summed E-state index contributed by atoms with van der Waals surface area (Å²) in [5.74, 6) is -1.43. The third kappa shape index (κ3) is 3.98. The zero-order valence-corrected chi connectivity index (χ0v) is 14.0. The smallest absolute Gasteiger partial charge is 0.313 e. The monoisotopic (exact) mass is 334 g/mol. The van der Waals surface area contributed by atoms with Gasteiger partial charge < -0.3 is 10.6 Å².